The number of halogens is 2. The van der Waals surface area contributed by atoms with Gasteiger partial charge < -0.3 is 5.11 Å². The molecule has 0 amide bonds. The van der Waals surface area contributed by atoms with E-state index >= 15 is 0 Å². The SMILES string of the molecule is N#CC(NCCO)c1cc(Cl)ccc1Br. The summed E-state index contributed by atoms with van der Waals surface area (Å²) in [6.45, 7) is 0.369. The van der Waals surface area contributed by atoms with E-state index in [0.717, 1.165) is 10.0 Å². The number of nitriles is 1. The van der Waals surface area contributed by atoms with Gasteiger partial charge in [0.15, 0.2) is 0 Å². The third kappa shape index (κ3) is 3.47. The number of rotatable bonds is 4. The van der Waals surface area contributed by atoms with Gasteiger partial charge >= 0.3 is 0 Å². The number of benzene rings is 1. The molecule has 0 saturated carbocycles. The monoisotopic (exact) mass is 288 g/mol. The maximum absolute atomic E-state index is 8.96. The van der Waals surface area contributed by atoms with Crippen molar-refractivity contribution in [2.75, 3.05) is 13.2 Å². The van der Waals surface area contributed by atoms with Gasteiger partial charge in [-0.2, -0.15) is 5.26 Å². The topological polar surface area (TPSA) is 56.0 Å². The first-order chi connectivity index (χ1) is 7.19. The van der Waals surface area contributed by atoms with E-state index in [0.29, 0.717) is 11.6 Å². The van der Waals surface area contributed by atoms with E-state index in [9.17, 15) is 0 Å². The van der Waals surface area contributed by atoms with E-state index in [1.165, 1.54) is 0 Å². The van der Waals surface area contributed by atoms with E-state index in [4.69, 9.17) is 22.0 Å². The number of hydrogen-bond donors (Lipinski definition) is 2. The summed E-state index contributed by atoms with van der Waals surface area (Å²) in [5.41, 5.74) is 0.776. The van der Waals surface area contributed by atoms with Gasteiger partial charge in [-0.15, -0.1) is 0 Å². The summed E-state index contributed by atoms with van der Waals surface area (Å²) in [6, 6.07) is 6.91. The summed E-state index contributed by atoms with van der Waals surface area (Å²) >= 11 is 9.20. The number of aliphatic hydroxyl groups excluding tert-OH is 1. The van der Waals surface area contributed by atoms with Crippen LogP contribution in [0.25, 0.3) is 0 Å². The van der Waals surface area contributed by atoms with E-state index in [2.05, 4.69) is 27.3 Å². The Morgan fingerprint density at radius 1 is 1.60 bits per heavy atom. The van der Waals surface area contributed by atoms with Crippen molar-refractivity contribution < 1.29 is 5.11 Å². The van der Waals surface area contributed by atoms with Gasteiger partial charge in [-0.1, -0.05) is 27.5 Å². The highest BCUT2D eigenvalue weighted by atomic mass is 79.9. The van der Waals surface area contributed by atoms with Crippen LogP contribution in [0, 0.1) is 11.3 Å². The molecule has 0 aliphatic rings. The van der Waals surface area contributed by atoms with Gasteiger partial charge in [-0.3, -0.25) is 5.32 Å². The molecule has 0 aromatic heterocycles. The van der Waals surface area contributed by atoms with E-state index in [1.54, 1.807) is 18.2 Å². The molecule has 0 saturated heterocycles. The maximum atomic E-state index is 8.96. The molecule has 0 spiro atoms. The van der Waals surface area contributed by atoms with Gasteiger partial charge in [0.05, 0.1) is 12.7 Å². The summed E-state index contributed by atoms with van der Waals surface area (Å²) in [5, 5.41) is 21.1. The Morgan fingerprint density at radius 2 is 2.33 bits per heavy atom. The molecule has 3 nitrogen and oxygen atoms in total. The predicted octanol–water partition coefficient (Wildman–Crippen LogP) is 2.25. The molecule has 0 aliphatic heterocycles. The van der Waals surface area contributed by atoms with E-state index in [1.807, 2.05) is 0 Å². The molecular formula is C10H10BrClN2O. The largest absolute Gasteiger partial charge is 0.395 e. The van der Waals surface area contributed by atoms with Crippen LogP contribution in [-0.4, -0.2) is 18.3 Å². The lowest BCUT2D eigenvalue weighted by Crippen LogP contribution is -2.23. The fourth-order valence-corrected chi connectivity index (χ4v) is 1.83. The average molecular weight is 290 g/mol. The molecule has 80 valence electrons. The lowest BCUT2D eigenvalue weighted by Gasteiger charge is -2.12. The van der Waals surface area contributed by atoms with E-state index < -0.39 is 6.04 Å². The first-order valence-electron chi connectivity index (χ1n) is 4.38. The molecule has 1 atom stereocenters. The van der Waals surface area contributed by atoms with Crippen molar-refractivity contribution in [2.45, 2.75) is 6.04 Å². The third-order valence-electron chi connectivity index (χ3n) is 1.86. The van der Waals surface area contributed by atoms with Crippen molar-refractivity contribution in [1.82, 2.24) is 5.32 Å². The normalized spacial score (nSPS) is 12.1. The van der Waals surface area contributed by atoms with Crippen LogP contribution in [0.4, 0.5) is 0 Å². The summed E-state index contributed by atoms with van der Waals surface area (Å²) in [4.78, 5) is 0. The minimum atomic E-state index is -0.467. The second-order valence-corrected chi connectivity index (χ2v) is 4.20. The van der Waals surface area contributed by atoms with Crippen LogP contribution in [0.5, 0.6) is 0 Å². The van der Waals surface area contributed by atoms with Crippen molar-refractivity contribution in [3.05, 3.63) is 33.3 Å². The zero-order chi connectivity index (χ0) is 11.3. The van der Waals surface area contributed by atoms with Crippen LogP contribution in [-0.2, 0) is 0 Å². The smallest absolute Gasteiger partial charge is 0.122 e. The molecule has 0 heterocycles. The zero-order valence-electron chi connectivity index (χ0n) is 7.87. The van der Waals surface area contributed by atoms with Crippen molar-refractivity contribution in [1.29, 1.82) is 5.26 Å². The first-order valence-corrected chi connectivity index (χ1v) is 5.55. The van der Waals surface area contributed by atoms with Crippen LogP contribution in [0.3, 0.4) is 0 Å². The van der Waals surface area contributed by atoms with Gasteiger partial charge in [0.1, 0.15) is 6.04 Å². The molecule has 0 fully saturated rings. The highest BCUT2D eigenvalue weighted by Crippen LogP contribution is 2.26. The van der Waals surface area contributed by atoms with Crippen molar-refractivity contribution in [2.24, 2.45) is 0 Å². The highest BCUT2D eigenvalue weighted by molar-refractivity contribution is 9.10. The third-order valence-corrected chi connectivity index (χ3v) is 2.82. The molecule has 2 N–H and O–H groups in total. The quantitative estimate of drug-likeness (QED) is 0.894. The fraction of sp³-hybridized carbons (Fsp3) is 0.300. The number of nitrogens with one attached hydrogen (secondary N) is 1. The Hall–Kier alpha value is -0.600. The minimum absolute atomic E-state index is 0.00361. The Labute approximate surface area is 102 Å². The van der Waals surface area contributed by atoms with Crippen LogP contribution in [0.2, 0.25) is 5.02 Å². The highest BCUT2D eigenvalue weighted by Gasteiger charge is 2.13. The van der Waals surface area contributed by atoms with Crippen molar-refractivity contribution in [3.8, 4) is 6.07 Å². The molecule has 1 aromatic rings. The Kier molecular flexibility index (Phi) is 5.06. The van der Waals surface area contributed by atoms with Gasteiger partial charge in [0.25, 0.3) is 0 Å². The van der Waals surface area contributed by atoms with Crippen LogP contribution in [0.15, 0.2) is 22.7 Å². The summed E-state index contributed by atoms with van der Waals surface area (Å²) in [5.74, 6) is 0. The number of aliphatic hydroxyl groups is 1. The van der Waals surface area contributed by atoms with Crippen molar-refractivity contribution in [3.63, 3.8) is 0 Å². The van der Waals surface area contributed by atoms with Crippen LogP contribution >= 0.6 is 27.5 Å². The fourth-order valence-electron chi connectivity index (χ4n) is 1.17. The molecule has 0 radical (unpaired) electrons. The predicted molar refractivity (Wildman–Crippen MR) is 62.6 cm³/mol. The summed E-state index contributed by atoms with van der Waals surface area (Å²) in [6.07, 6.45) is 0. The molecule has 15 heavy (non-hydrogen) atoms. The molecule has 1 aromatic carbocycles. The second kappa shape index (κ2) is 6.09. The average Bonchev–Trinajstić information content (AvgIpc) is 2.24. The van der Waals surface area contributed by atoms with Gasteiger partial charge in [-0.25, -0.2) is 0 Å². The minimum Gasteiger partial charge on any atom is -0.395 e. The first kappa shape index (κ1) is 12.5. The van der Waals surface area contributed by atoms with Crippen LogP contribution < -0.4 is 5.32 Å². The summed E-state index contributed by atoms with van der Waals surface area (Å²) < 4.78 is 0.823. The standard InChI is InChI=1S/C10H10BrClN2O/c11-9-2-1-7(12)5-8(9)10(6-13)14-3-4-15/h1-2,5,10,14-15H,3-4H2. The van der Waals surface area contributed by atoms with Crippen molar-refractivity contribution >= 4 is 27.5 Å². The second-order valence-electron chi connectivity index (χ2n) is 2.91. The molecule has 1 unspecified atom stereocenters. The Morgan fingerprint density at radius 3 is 2.93 bits per heavy atom. The number of hydrogen-bond acceptors (Lipinski definition) is 3. The molecule has 0 bridgehead atoms. The molecule has 5 heteroatoms. The van der Waals surface area contributed by atoms with Gasteiger partial charge in [0.2, 0.25) is 0 Å². The number of nitrogens with zero attached hydrogens (tertiary/aromatic N) is 1. The Balaban J connectivity index is 2.91. The van der Waals surface area contributed by atoms with Gasteiger partial charge in [-0.05, 0) is 23.8 Å². The molecule has 1 rings (SSSR count). The lowest BCUT2D eigenvalue weighted by atomic mass is 10.1. The lowest BCUT2D eigenvalue weighted by molar-refractivity contribution is 0.289. The molecule has 0 aliphatic carbocycles. The summed E-state index contributed by atoms with van der Waals surface area (Å²) in [7, 11) is 0. The molecular weight excluding hydrogens is 279 g/mol. The van der Waals surface area contributed by atoms with Gasteiger partial charge in [0, 0.05) is 16.0 Å². The maximum Gasteiger partial charge on any atom is 0.122 e. The Bertz CT molecular complexity index is 378. The van der Waals surface area contributed by atoms with Crippen LogP contribution in [0.1, 0.15) is 11.6 Å². The zero-order valence-corrected chi connectivity index (χ0v) is 10.2. The van der Waals surface area contributed by atoms with E-state index in [-0.39, 0.29) is 6.61 Å².